The maximum Gasteiger partial charge on any atom is 0.306 e. The molecule has 0 saturated carbocycles. The van der Waals surface area contributed by atoms with Crippen molar-refractivity contribution < 1.29 is 14.6 Å². The van der Waals surface area contributed by atoms with Crippen LogP contribution in [-0.4, -0.2) is 22.8 Å². The highest BCUT2D eigenvalue weighted by molar-refractivity contribution is 5.69. The van der Waals surface area contributed by atoms with Gasteiger partial charge in [-0.3, -0.25) is 4.79 Å². The first-order chi connectivity index (χ1) is 14.6. The van der Waals surface area contributed by atoms with Gasteiger partial charge >= 0.3 is 5.97 Å². The third-order valence-electron chi connectivity index (χ3n) is 8.03. The summed E-state index contributed by atoms with van der Waals surface area (Å²) in [7, 11) is 0. The SMILES string of the molecule is CC(=CCCC(C)CCCC1(C)CCC2=CCC(C)C(C)C2O1)CCCC(C)C(=O)O. The lowest BCUT2D eigenvalue weighted by molar-refractivity contribution is -0.141. The Bertz CT molecular complexity index is 634. The Labute approximate surface area is 191 Å². The molecule has 1 aliphatic heterocycles. The number of carboxylic acids is 1. The van der Waals surface area contributed by atoms with Gasteiger partial charge in [-0.15, -0.1) is 0 Å². The smallest absolute Gasteiger partial charge is 0.306 e. The van der Waals surface area contributed by atoms with Crippen molar-refractivity contribution in [3.05, 3.63) is 23.3 Å². The molecule has 1 heterocycles. The molecule has 3 heteroatoms. The summed E-state index contributed by atoms with van der Waals surface area (Å²) < 4.78 is 6.71. The minimum atomic E-state index is -0.678. The standard InChI is InChI=1S/C28H48O3/c1-20(12-8-14-23(4)27(29)30)10-7-11-21(2)13-9-18-28(6)19-17-25-16-15-22(3)24(5)26(25)31-28/h10,16,21-24,26H,7-9,11-15,17-19H2,1-6H3,(H,29,30). The topological polar surface area (TPSA) is 46.5 Å². The summed E-state index contributed by atoms with van der Waals surface area (Å²) in [5, 5.41) is 8.97. The maximum atomic E-state index is 10.9. The minimum absolute atomic E-state index is 0.0522. The number of aliphatic carboxylic acids is 1. The fraction of sp³-hybridized carbons (Fsp3) is 0.821. The van der Waals surface area contributed by atoms with Crippen LogP contribution in [0.3, 0.4) is 0 Å². The van der Waals surface area contributed by atoms with Crippen molar-refractivity contribution in [1.29, 1.82) is 0 Å². The van der Waals surface area contributed by atoms with E-state index in [4.69, 9.17) is 9.84 Å². The van der Waals surface area contributed by atoms with Gasteiger partial charge in [-0.25, -0.2) is 0 Å². The van der Waals surface area contributed by atoms with E-state index in [0.717, 1.165) is 37.5 Å². The quantitative estimate of drug-likeness (QED) is 0.318. The maximum absolute atomic E-state index is 10.9. The van der Waals surface area contributed by atoms with Gasteiger partial charge in [0.2, 0.25) is 0 Å². The van der Waals surface area contributed by atoms with Gasteiger partial charge < -0.3 is 9.84 Å². The summed E-state index contributed by atoms with van der Waals surface area (Å²) in [5.74, 6) is 1.21. The Morgan fingerprint density at radius 1 is 1.26 bits per heavy atom. The van der Waals surface area contributed by atoms with Crippen molar-refractivity contribution in [1.82, 2.24) is 0 Å². The molecule has 31 heavy (non-hydrogen) atoms. The molecule has 6 unspecified atom stereocenters. The molecule has 1 aliphatic carbocycles. The highest BCUT2D eigenvalue weighted by atomic mass is 16.5. The van der Waals surface area contributed by atoms with Gasteiger partial charge in [-0.1, -0.05) is 58.3 Å². The van der Waals surface area contributed by atoms with Crippen LogP contribution in [0.1, 0.15) is 112 Å². The number of ether oxygens (including phenoxy) is 1. The first-order valence-electron chi connectivity index (χ1n) is 12.9. The first kappa shape index (κ1) is 26.2. The summed E-state index contributed by atoms with van der Waals surface area (Å²) >= 11 is 0. The van der Waals surface area contributed by atoms with Crippen LogP contribution < -0.4 is 0 Å². The molecule has 0 spiro atoms. The highest BCUT2D eigenvalue weighted by Gasteiger charge is 2.40. The van der Waals surface area contributed by atoms with Crippen molar-refractivity contribution in [2.24, 2.45) is 23.7 Å². The molecule has 0 aromatic heterocycles. The van der Waals surface area contributed by atoms with E-state index < -0.39 is 5.97 Å². The third kappa shape index (κ3) is 8.40. The largest absolute Gasteiger partial charge is 0.481 e. The van der Waals surface area contributed by atoms with E-state index in [9.17, 15) is 4.79 Å². The summed E-state index contributed by atoms with van der Waals surface area (Å²) in [6, 6.07) is 0. The number of hydrogen-bond acceptors (Lipinski definition) is 2. The number of fused-ring (bicyclic) bond motifs is 1. The second kappa shape index (κ2) is 12.2. The number of hydrogen-bond donors (Lipinski definition) is 1. The lowest BCUT2D eigenvalue weighted by Crippen LogP contribution is -2.45. The van der Waals surface area contributed by atoms with Crippen molar-refractivity contribution in [2.45, 2.75) is 124 Å². The van der Waals surface area contributed by atoms with Crippen molar-refractivity contribution >= 4 is 5.97 Å². The molecule has 0 aromatic rings. The number of allylic oxidation sites excluding steroid dienone is 3. The lowest BCUT2D eigenvalue weighted by Gasteiger charge is -2.46. The van der Waals surface area contributed by atoms with Crippen LogP contribution in [0.2, 0.25) is 0 Å². The van der Waals surface area contributed by atoms with Gasteiger partial charge in [0.15, 0.2) is 0 Å². The van der Waals surface area contributed by atoms with Crippen LogP contribution in [0.4, 0.5) is 0 Å². The molecule has 1 saturated heterocycles. The van der Waals surface area contributed by atoms with Crippen molar-refractivity contribution in [3.8, 4) is 0 Å². The molecule has 0 aromatic carbocycles. The normalized spacial score (nSPS) is 31.0. The molecule has 1 fully saturated rings. The van der Waals surface area contributed by atoms with Crippen LogP contribution in [-0.2, 0) is 9.53 Å². The van der Waals surface area contributed by atoms with Crippen LogP contribution in [0.15, 0.2) is 23.3 Å². The average molecular weight is 433 g/mol. The molecule has 0 bridgehead atoms. The number of carboxylic acid groups (broad SMARTS) is 1. The summed E-state index contributed by atoms with van der Waals surface area (Å²) in [4.78, 5) is 10.9. The zero-order chi connectivity index (χ0) is 23.0. The molecule has 1 N–H and O–H groups in total. The van der Waals surface area contributed by atoms with E-state index in [0.29, 0.717) is 12.0 Å². The van der Waals surface area contributed by atoms with Crippen LogP contribution in [0.5, 0.6) is 0 Å². The van der Waals surface area contributed by atoms with E-state index in [1.807, 2.05) is 0 Å². The van der Waals surface area contributed by atoms with Crippen LogP contribution in [0, 0.1) is 23.7 Å². The molecule has 2 aliphatic rings. The average Bonchev–Trinajstić information content (AvgIpc) is 2.71. The fourth-order valence-electron chi connectivity index (χ4n) is 5.19. The molecule has 3 nitrogen and oxygen atoms in total. The first-order valence-corrected chi connectivity index (χ1v) is 12.9. The molecular weight excluding hydrogens is 384 g/mol. The summed E-state index contributed by atoms with van der Waals surface area (Å²) in [6.45, 7) is 13.5. The molecule has 178 valence electrons. The van der Waals surface area contributed by atoms with E-state index >= 15 is 0 Å². The van der Waals surface area contributed by atoms with Gasteiger partial charge in [0.25, 0.3) is 0 Å². The molecular formula is C28H48O3. The highest BCUT2D eigenvalue weighted by Crippen LogP contribution is 2.43. The van der Waals surface area contributed by atoms with E-state index in [1.165, 1.54) is 50.5 Å². The Kier molecular flexibility index (Phi) is 10.3. The molecule has 0 radical (unpaired) electrons. The third-order valence-corrected chi connectivity index (χ3v) is 8.03. The number of rotatable bonds is 12. The zero-order valence-corrected chi connectivity index (χ0v) is 21.1. The lowest BCUT2D eigenvalue weighted by atomic mass is 9.74. The minimum Gasteiger partial charge on any atom is -0.481 e. The summed E-state index contributed by atoms with van der Waals surface area (Å²) in [6.07, 6.45) is 17.7. The molecule has 6 atom stereocenters. The molecule has 2 rings (SSSR count). The second-order valence-electron chi connectivity index (χ2n) is 11.1. The predicted molar refractivity (Wildman–Crippen MR) is 130 cm³/mol. The Morgan fingerprint density at radius 3 is 2.71 bits per heavy atom. The Balaban J connectivity index is 1.64. The Hall–Kier alpha value is -1.09. The van der Waals surface area contributed by atoms with E-state index in [2.05, 4.69) is 46.8 Å². The molecule has 0 amide bonds. The van der Waals surface area contributed by atoms with Crippen molar-refractivity contribution in [2.75, 3.05) is 0 Å². The van der Waals surface area contributed by atoms with Crippen LogP contribution in [0.25, 0.3) is 0 Å². The zero-order valence-electron chi connectivity index (χ0n) is 21.1. The van der Waals surface area contributed by atoms with Gasteiger partial charge in [0.05, 0.1) is 17.6 Å². The predicted octanol–water partition coefficient (Wildman–Crippen LogP) is 7.95. The van der Waals surface area contributed by atoms with Gasteiger partial charge in [-0.05, 0) is 95.0 Å². The Morgan fingerprint density at radius 2 is 2.00 bits per heavy atom. The summed E-state index contributed by atoms with van der Waals surface area (Å²) in [5.41, 5.74) is 3.03. The van der Waals surface area contributed by atoms with E-state index in [-0.39, 0.29) is 11.5 Å². The van der Waals surface area contributed by atoms with E-state index in [1.54, 1.807) is 12.5 Å². The van der Waals surface area contributed by atoms with Crippen molar-refractivity contribution in [3.63, 3.8) is 0 Å². The second-order valence-corrected chi connectivity index (χ2v) is 11.1. The van der Waals surface area contributed by atoms with Gasteiger partial charge in [0.1, 0.15) is 0 Å². The number of carbonyl (C=O) groups is 1. The van der Waals surface area contributed by atoms with Gasteiger partial charge in [-0.2, -0.15) is 0 Å². The van der Waals surface area contributed by atoms with Crippen LogP contribution >= 0.6 is 0 Å². The fourth-order valence-corrected chi connectivity index (χ4v) is 5.19. The van der Waals surface area contributed by atoms with Gasteiger partial charge in [0, 0.05) is 0 Å². The monoisotopic (exact) mass is 432 g/mol.